The van der Waals surface area contributed by atoms with Crippen LogP contribution in [0.25, 0.3) is 0 Å². The van der Waals surface area contributed by atoms with Gasteiger partial charge in [0.05, 0.1) is 72.7 Å². The van der Waals surface area contributed by atoms with E-state index in [0.717, 1.165) is 0 Å². The third-order valence-electron chi connectivity index (χ3n) is 6.65. The van der Waals surface area contributed by atoms with Gasteiger partial charge in [-0.1, -0.05) is 0 Å². The smallest absolute Gasteiger partial charge is 0.394 e. The van der Waals surface area contributed by atoms with Crippen LogP contribution in [-0.4, -0.2) is 149 Å². The summed E-state index contributed by atoms with van der Waals surface area (Å²) in [6.45, 7) is -3.93. The highest BCUT2D eigenvalue weighted by Crippen LogP contribution is 2.67. The van der Waals surface area contributed by atoms with Gasteiger partial charge in [0.2, 0.25) is 0 Å². The van der Waals surface area contributed by atoms with Gasteiger partial charge in [-0.15, -0.1) is 0 Å². The molecule has 31 heteroatoms. The minimum Gasteiger partial charge on any atom is -0.394 e. The molecule has 55 heavy (non-hydrogen) atoms. The summed E-state index contributed by atoms with van der Waals surface area (Å²) in [6, 6.07) is 0. The van der Waals surface area contributed by atoms with Crippen LogP contribution in [-0.2, 0) is 23.7 Å². The third kappa shape index (κ3) is 9.67. The van der Waals surface area contributed by atoms with Crippen LogP contribution in [0.15, 0.2) is 0 Å². The zero-order chi connectivity index (χ0) is 44.0. The average Bonchev–Trinajstić information content (AvgIpc) is 3.02. The molecule has 0 fully saturated rings. The van der Waals surface area contributed by atoms with Crippen molar-refractivity contribution >= 4 is 0 Å². The predicted molar refractivity (Wildman–Crippen MR) is 126 cm³/mol. The lowest BCUT2D eigenvalue weighted by Crippen LogP contribution is -2.78. The van der Waals surface area contributed by atoms with Gasteiger partial charge in [0.1, 0.15) is 0 Å². The summed E-state index contributed by atoms with van der Waals surface area (Å²) in [6.07, 6.45) is -11.2. The molecule has 0 unspecified atom stereocenters. The fourth-order valence-electron chi connectivity index (χ4n) is 3.39. The van der Waals surface area contributed by atoms with Crippen molar-refractivity contribution in [3.63, 3.8) is 0 Å². The molecule has 332 valence electrons. The number of halogens is 25. The van der Waals surface area contributed by atoms with E-state index in [1.807, 2.05) is 0 Å². The van der Waals surface area contributed by atoms with Gasteiger partial charge in [0, 0.05) is 6.42 Å². The number of rotatable bonds is 27. The Kier molecular flexibility index (Phi) is 17.2. The minimum absolute atomic E-state index is 0.0208. The Hall–Kier alpha value is -1.99. The van der Waals surface area contributed by atoms with Crippen LogP contribution < -0.4 is 0 Å². The highest BCUT2D eigenvalue weighted by Gasteiger charge is 2.99. The fraction of sp³-hybridized carbons (Fsp3) is 1.00. The van der Waals surface area contributed by atoms with Crippen LogP contribution >= 0.6 is 0 Å². The first kappa shape index (κ1) is 53.0. The summed E-state index contributed by atoms with van der Waals surface area (Å²) < 4.78 is 362. The van der Waals surface area contributed by atoms with Gasteiger partial charge in [0.25, 0.3) is 0 Å². The van der Waals surface area contributed by atoms with Gasteiger partial charge in [-0.3, -0.25) is 0 Å². The second-order valence-electron chi connectivity index (χ2n) is 10.5. The molecule has 0 aliphatic carbocycles. The molecule has 0 amide bonds. The predicted octanol–water partition coefficient (Wildman–Crippen LogP) is 8.00. The quantitative estimate of drug-likeness (QED) is 0.0667. The van der Waals surface area contributed by atoms with Gasteiger partial charge >= 0.3 is 71.3 Å². The molecular weight excluding hydrogens is 859 g/mol. The van der Waals surface area contributed by atoms with Gasteiger partial charge in [-0.25, -0.2) is 0 Å². The minimum atomic E-state index is -9.62. The number of ether oxygens (including phenoxy) is 5. The molecule has 0 aromatic rings. The second kappa shape index (κ2) is 17.9. The first-order valence-electron chi connectivity index (χ1n) is 14.0. The molecule has 0 saturated heterocycles. The summed E-state index contributed by atoms with van der Waals surface area (Å²) in [7, 11) is 0. The summed E-state index contributed by atoms with van der Waals surface area (Å²) in [5, 5.41) is 8.47. The summed E-state index contributed by atoms with van der Waals surface area (Å²) >= 11 is 0. The lowest BCUT2D eigenvalue weighted by atomic mass is 9.84. The van der Waals surface area contributed by atoms with Crippen molar-refractivity contribution in [3.05, 3.63) is 0 Å². The monoisotopic (exact) mass is 884 g/mol. The molecule has 0 saturated carbocycles. The highest BCUT2D eigenvalue weighted by molar-refractivity contribution is 5.19. The maximum atomic E-state index is 14.0. The Labute approximate surface area is 290 Å². The molecule has 0 aromatic carbocycles. The lowest BCUT2D eigenvalue weighted by molar-refractivity contribution is -0.482. The molecule has 1 N–H and O–H groups in total. The highest BCUT2D eigenvalue weighted by atomic mass is 19.4. The maximum absolute atomic E-state index is 14.0. The molecular formula is C24H25F25O6. The van der Waals surface area contributed by atoms with Gasteiger partial charge in [-0.2, -0.15) is 110 Å². The fourth-order valence-corrected chi connectivity index (χ4v) is 3.39. The van der Waals surface area contributed by atoms with E-state index in [1.54, 1.807) is 0 Å². The molecule has 0 heterocycles. The summed E-state index contributed by atoms with van der Waals surface area (Å²) in [5.41, 5.74) is 0. The lowest BCUT2D eigenvalue weighted by Gasteiger charge is -2.45. The van der Waals surface area contributed by atoms with E-state index >= 15 is 0 Å². The molecule has 0 rings (SSSR count). The Balaban J connectivity index is 5.83. The van der Waals surface area contributed by atoms with E-state index in [-0.39, 0.29) is 52.9 Å². The number of hydrogen-bond acceptors (Lipinski definition) is 6. The number of hydrogen-bond donors (Lipinski definition) is 1. The second-order valence-corrected chi connectivity index (χ2v) is 10.5. The van der Waals surface area contributed by atoms with Crippen LogP contribution in [0.3, 0.4) is 0 Å². The van der Waals surface area contributed by atoms with Gasteiger partial charge < -0.3 is 28.8 Å². The molecule has 0 aliphatic heterocycles. The number of aliphatic hydroxyl groups is 1. The SMILES string of the molecule is OCCOCCOCCOCCOCCOCCC(F)(F)C(F)(F)C(F)(F)C(F)(F)C(F)(F)C(F)(F)C(F)(F)C(F)(F)C(F)(F)C(F)(F)C(F)(F)C(F)(F)F. The van der Waals surface area contributed by atoms with Crippen molar-refractivity contribution < 1.29 is 139 Å². The Morgan fingerprint density at radius 3 is 0.691 bits per heavy atom. The molecule has 6 nitrogen and oxygen atoms in total. The zero-order valence-electron chi connectivity index (χ0n) is 26.4. The van der Waals surface area contributed by atoms with Crippen LogP contribution in [0.4, 0.5) is 110 Å². The van der Waals surface area contributed by atoms with Crippen LogP contribution in [0, 0.1) is 0 Å². The topological polar surface area (TPSA) is 66.4 Å². The molecule has 0 aliphatic rings. The van der Waals surface area contributed by atoms with Crippen molar-refractivity contribution in [2.45, 2.75) is 77.7 Å². The normalized spacial score (nSPS) is 15.6. The van der Waals surface area contributed by atoms with E-state index in [9.17, 15) is 110 Å². The molecule has 0 aromatic heterocycles. The average molecular weight is 884 g/mol. The van der Waals surface area contributed by atoms with E-state index in [2.05, 4.69) is 4.74 Å². The van der Waals surface area contributed by atoms with Gasteiger partial charge in [0.15, 0.2) is 0 Å². The molecule has 0 radical (unpaired) electrons. The first-order valence-corrected chi connectivity index (χ1v) is 14.0. The molecule has 0 bridgehead atoms. The van der Waals surface area contributed by atoms with Crippen molar-refractivity contribution in [2.24, 2.45) is 0 Å². The third-order valence-corrected chi connectivity index (χ3v) is 6.65. The van der Waals surface area contributed by atoms with Crippen molar-refractivity contribution in [3.8, 4) is 0 Å². The summed E-state index contributed by atoms with van der Waals surface area (Å²) in [4.78, 5) is 0. The largest absolute Gasteiger partial charge is 0.460 e. The van der Waals surface area contributed by atoms with E-state index in [4.69, 9.17) is 24.1 Å². The van der Waals surface area contributed by atoms with Crippen LogP contribution in [0.2, 0.25) is 0 Å². The maximum Gasteiger partial charge on any atom is 0.460 e. The Morgan fingerprint density at radius 2 is 0.455 bits per heavy atom. The first-order chi connectivity index (χ1) is 24.3. The van der Waals surface area contributed by atoms with E-state index in [1.165, 1.54) is 0 Å². The molecule has 0 spiro atoms. The zero-order valence-corrected chi connectivity index (χ0v) is 26.4. The Bertz CT molecular complexity index is 1180. The molecule has 0 atom stereocenters. The Morgan fingerprint density at radius 1 is 0.255 bits per heavy atom. The standard InChI is InChI=1S/C24H25F25O6/c25-13(26,1-3-51-5-7-53-9-11-55-12-10-54-8-6-52-4-2-50)14(27,28)15(29,30)16(31,32)17(33,34)18(35,36)19(37,38)20(39,40)21(41,42)22(43,44)23(45,46)24(47,48)49/h50H,1-12H2. The van der Waals surface area contributed by atoms with Crippen molar-refractivity contribution in [2.75, 3.05) is 72.7 Å². The van der Waals surface area contributed by atoms with E-state index in [0.29, 0.717) is 0 Å². The summed E-state index contributed by atoms with van der Waals surface area (Å²) in [5.74, 6) is -98.6. The van der Waals surface area contributed by atoms with Crippen LogP contribution in [0.5, 0.6) is 0 Å². The van der Waals surface area contributed by atoms with Crippen LogP contribution in [0.1, 0.15) is 6.42 Å². The van der Waals surface area contributed by atoms with Gasteiger partial charge in [-0.05, 0) is 0 Å². The number of aliphatic hydroxyl groups excluding tert-OH is 1. The number of alkyl halides is 25. The van der Waals surface area contributed by atoms with Crippen molar-refractivity contribution in [1.82, 2.24) is 0 Å². The van der Waals surface area contributed by atoms with E-state index < -0.39 is 97.6 Å². The van der Waals surface area contributed by atoms with Crippen molar-refractivity contribution in [1.29, 1.82) is 0 Å².